The van der Waals surface area contributed by atoms with E-state index < -0.39 is 0 Å². The van der Waals surface area contributed by atoms with E-state index in [2.05, 4.69) is 10.4 Å². The predicted octanol–water partition coefficient (Wildman–Crippen LogP) is 0.737. The van der Waals surface area contributed by atoms with Crippen molar-refractivity contribution >= 4 is 27.3 Å². The van der Waals surface area contributed by atoms with Crippen LogP contribution in [0.15, 0.2) is 22.4 Å². The number of carbonyl (C=O) groups excluding carboxylic acids is 1. The summed E-state index contributed by atoms with van der Waals surface area (Å²) in [4.78, 5) is 23.5. The lowest BCUT2D eigenvalue weighted by molar-refractivity contribution is -0.122. The van der Waals surface area contributed by atoms with Crippen LogP contribution >= 0.6 is 11.3 Å². The normalized spacial score (nSPS) is 15.1. The summed E-state index contributed by atoms with van der Waals surface area (Å²) in [6.07, 6.45) is 3.70. The minimum absolute atomic E-state index is 0.00315. The maximum absolute atomic E-state index is 12.0. The fourth-order valence-corrected chi connectivity index (χ4v) is 2.46. The van der Waals surface area contributed by atoms with Gasteiger partial charge in [0.1, 0.15) is 11.2 Å². The second-order valence-electron chi connectivity index (χ2n) is 4.15. The van der Waals surface area contributed by atoms with Crippen LogP contribution in [0.25, 0.3) is 10.1 Å². The number of aromatic nitrogens is 2. The number of hydrogen-bond acceptors (Lipinski definition) is 4. The van der Waals surface area contributed by atoms with E-state index in [-0.39, 0.29) is 18.0 Å². The Kier molecular flexibility index (Phi) is 2.44. The Balaban J connectivity index is 1.86. The molecule has 2 heterocycles. The minimum Gasteiger partial charge on any atom is -0.352 e. The highest BCUT2D eigenvalue weighted by molar-refractivity contribution is 7.17. The molecule has 1 aliphatic carbocycles. The molecule has 0 saturated heterocycles. The summed E-state index contributed by atoms with van der Waals surface area (Å²) in [5.74, 6) is -0.141. The molecule has 88 valence electrons. The van der Waals surface area contributed by atoms with Gasteiger partial charge in [0.05, 0.1) is 6.20 Å². The fourth-order valence-electron chi connectivity index (χ4n) is 1.65. The zero-order chi connectivity index (χ0) is 11.8. The van der Waals surface area contributed by atoms with Gasteiger partial charge in [0.15, 0.2) is 0 Å². The van der Waals surface area contributed by atoms with Crippen molar-refractivity contribution in [3.05, 3.63) is 28.0 Å². The van der Waals surface area contributed by atoms with Crippen LogP contribution in [0.4, 0.5) is 0 Å². The van der Waals surface area contributed by atoms with Crippen molar-refractivity contribution in [1.29, 1.82) is 0 Å². The van der Waals surface area contributed by atoms with Crippen molar-refractivity contribution < 1.29 is 4.79 Å². The van der Waals surface area contributed by atoms with Gasteiger partial charge in [-0.25, -0.2) is 4.68 Å². The molecule has 0 unspecified atom stereocenters. The second kappa shape index (κ2) is 3.96. The van der Waals surface area contributed by atoms with Crippen LogP contribution in [0.5, 0.6) is 0 Å². The van der Waals surface area contributed by atoms with Crippen molar-refractivity contribution in [2.24, 2.45) is 0 Å². The summed E-state index contributed by atoms with van der Waals surface area (Å²) in [5, 5.41) is 9.51. The Morgan fingerprint density at radius 1 is 1.59 bits per heavy atom. The second-order valence-corrected chi connectivity index (χ2v) is 5.07. The molecule has 3 rings (SSSR count). The predicted molar refractivity (Wildman–Crippen MR) is 65.0 cm³/mol. The Labute approximate surface area is 101 Å². The molecule has 0 atom stereocenters. The number of nitrogens with zero attached hydrogens (tertiary/aromatic N) is 2. The molecule has 0 bridgehead atoms. The molecule has 2 aromatic rings. The van der Waals surface area contributed by atoms with Gasteiger partial charge >= 0.3 is 0 Å². The fraction of sp³-hybridized carbons (Fsp3) is 0.364. The molecular weight excluding hydrogens is 238 g/mol. The monoisotopic (exact) mass is 249 g/mol. The first-order valence-corrected chi connectivity index (χ1v) is 6.35. The average molecular weight is 249 g/mol. The summed E-state index contributed by atoms with van der Waals surface area (Å²) in [6.45, 7) is 0.00315. The number of nitrogens with one attached hydrogen (secondary N) is 1. The maximum atomic E-state index is 12.0. The third-order valence-electron chi connectivity index (χ3n) is 2.70. The molecule has 0 radical (unpaired) electrons. The average Bonchev–Trinajstić information content (AvgIpc) is 2.97. The summed E-state index contributed by atoms with van der Waals surface area (Å²) in [6, 6.07) is 2.16. The molecule has 1 saturated carbocycles. The number of thiophene rings is 1. The number of fused-ring (bicyclic) bond motifs is 1. The summed E-state index contributed by atoms with van der Waals surface area (Å²) in [5.41, 5.74) is -0.191. The third kappa shape index (κ3) is 2.08. The Hall–Kier alpha value is -1.69. The topological polar surface area (TPSA) is 64.0 Å². The number of hydrogen-bond donors (Lipinski definition) is 1. The molecule has 5 nitrogen and oxygen atoms in total. The van der Waals surface area contributed by atoms with Gasteiger partial charge in [-0.3, -0.25) is 9.59 Å². The van der Waals surface area contributed by atoms with Gasteiger partial charge in [-0.2, -0.15) is 5.10 Å². The molecule has 17 heavy (non-hydrogen) atoms. The van der Waals surface area contributed by atoms with Crippen molar-refractivity contribution in [3.63, 3.8) is 0 Å². The van der Waals surface area contributed by atoms with Gasteiger partial charge in [0.25, 0.3) is 5.56 Å². The van der Waals surface area contributed by atoms with E-state index in [0.717, 1.165) is 18.2 Å². The lowest BCUT2D eigenvalue weighted by Crippen LogP contribution is -2.34. The summed E-state index contributed by atoms with van der Waals surface area (Å²) >= 11 is 1.38. The van der Waals surface area contributed by atoms with Crippen LogP contribution in [0.1, 0.15) is 12.8 Å². The largest absolute Gasteiger partial charge is 0.352 e. The van der Waals surface area contributed by atoms with E-state index in [1.807, 2.05) is 11.4 Å². The van der Waals surface area contributed by atoms with E-state index in [9.17, 15) is 9.59 Å². The van der Waals surface area contributed by atoms with Crippen LogP contribution < -0.4 is 10.9 Å². The summed E-state index contributed by atoms with van der Waals surface area (Å²) in [7, 11) is 0. The lowest BCUT2D eigenvalue weighted by Gasteiger charge is -2.04. The van der Waals surface area contributed by atoms with E-state index in [4.69, 9.17) is 0 Å². The molecule has 0 aliphatic heterocycles. The van der Waals surface area contributed by atoms with Crippen molar-refractivity contribution in [3.8, 4) is 0 Å². The molecule has 0 spiro atoms. The molecule has 1 amide bonds. The number of amides is 1. The SMILES string of the molecule is O=C(Cn1ncc2ccsc2c1=O)NC1CC1. The van der Waals surface area contributed by atoms with Crippen molar-refractivity contribution in [2.45, 2.75) is 25.4 Å². The zero-order valence-electron chi connectivity index (χ0n) is 9.05. The van der Waals surface area contributed by atoms with Gasteiger partial charge in [-0.1, -0.05) is 0 Å². The third-order valence-corrected chi connectivity index (χ3v) is 3.61. The molecule has 6 heteroatoms. The van der Waals surface area contributed by atoms with Crippen LogP contribution in [-0.2, 0) is 11.3 Å². The highest BCUT2D eigenvalue weighted by Crippen LogP contribution is 2.18. The van der Waals surface area contributed by atoms with Gasteiger partial charge in [-0.15, -0.1) is 11.3 Å². The summed E-state index contributed by atoms with van der Waals surface area (Å²) < 4.78 is 1.87. The Bertz CT molecular complexity index is 627. The van der Waals surface area contributed by atoms with Crippen LogP contribution in [0, 0.1) is 0 Å². The first kappa shape index (κ1) is 10.5. The van der Waals surface area contributed by atoms with Gasteiger partial charge in [0, 0.05) is 11.4 Å². The first-order chi connectivity index (χ1) is 8.24. The Morgan fingerprint density at radius 2 is 2.41 bits per heavy atom. The zero-order valence-corrected chi connectivity index (χ0v) is 9.87. The maximum Gasteiger partial charge on any atom is 0.285 e. The van der Waals surface area contributed by atoms with E-state index in [1.165, 1.54) is 16.0 Å². The number of rotatable bonds is 3. The van der Waals surface area contributed by atoms with Crippen molar-refractivity contribution in [2.75, 3.05) is 0 Å². The van der Waals surface area contributed by atoms with E-state index in [1.54, 1.807) is 6.20 Å². The van der Waals surface area contributed by atoms with Crippen molar-refractivity contribution in [1.82, 2.24) is 15.1 Å². The molecular formula is C11H11N3O2S. The van der Waals surface area contributed by atoms with E-state index >= 15 is 0 Å². The molecule has 1 aliphatic rings. The van der Waals surface area contributed by atoms with Crippen LogP contribution in [0.3, 0.4) is 0 Å². The van der Waals surface area contributed by atoms with Crippen LogP contribution in [0.2, 0.25) is 0 Å². The highest BCUT2D eigenvalue weighted by atomic mass is 32.1. The lowest BCUT2D eigenvalue weighted by atomic mass is 10.4. The molecule has 1 N–H and O–H groups in total. The highest BCUT2D eigenvalue weighted by Gasteiger charge is 2.23. The standard InChI is InChI=1S/C11H11N3O2S/c15-9(13-8-1-2-8)6-14-11(16)10-7(5-12-14)3-4-17-10/h3-5,8H,1-2,6H2,(H,13,15). The van der Waals surface area contributed by atoms with Crippen LogP contribution in [-0.4, -0.2) is 21.7 Å². The first-order valence-electron chi connectivity index (χ1n) is 5.47. The van der Waals surface area contributed by atoms with Gasteiger partial charge in [0.2, 0.25) is 5.91 Å². The van der Waals surface area contributed by atoms with Gasteiger partial charge in [-0.05, 0) is 24.3 Å². The molecule has 2 aromatic heterocycles. The Morgan fingerprint density at radius 3 is 3.18 bits per heavy atom. The van der Waals surface area contributed by atoms with Gasteiger partial charge < -0.3 is 5.32 Å². The minimum atomic E-state index is -0.191. The molecule has 0 aromatic carbocycles. The number of carbonyl (C=O) groups is 1. The molecule has 1 fully saturated rings. The van der Waals surface area contributed by atoms with E-state index in [0.29, 0.717) is 10.7 Å². The quantitative estimate of drug-likeness (QED) is 0.872. The smallest absolute Gasteiger partial charge is 0.285 e.